The molecule has 1 fully saturated rings. The number of amides is 1. The first-order valence-electron chi connectivity index (χ1n) is 7.24. The molecule has 1 aromatic rings. The smallest absolute Gasteiger partial charge is 0.410 e. The molecule has 1 atom stereocenters. The van der Waals surface area contributed by atoms with Crippen LogP contribution in [0.1, 0.15) is 45.6 Å². The molecule has 3 heteroatoms. The van der Waals surface area contributed by atoms with Crippen LogP contribution in [0.5, 0.6) is 0 Å². The van der Waals surface area contributed by atoms with Gasteiger partial charge in [-0.1, -0.05) is 44.2 Å². The van der Waals surface area contributed by atoms with Gasteiger partial charge in [0.25, 0.3) is 0 Å². The van der Waals surface area contributed by atoms with E-state index >= 15 is 0 Å². The molecule has 1 heterocycles. The maximum atomic E-state index is 11.9. The molecule has 1 aromatic carbocycles. The molecular formula is C16H25NO2. The molecular weight excluding hydrogens is 238 g/mol. The van der Waals surface area contributed by atoms with Crippen molar-refractivity contribution in [3.05, 3.63) is 35.9 Å². The van der Waals surface area contributed by atoms with E-state index in [1.165, 1.54) is 6.42 Å². The molecule has 0 aliphatic carbocycles. The Balaban J connectivity index is 0.000000861. The molecule has 0 radical (unpaired) electrons. The number of hydrogen-bond acceptors (Lipinski definition) is 2. The first kappa shape index (κ1) is 15.5. The van der Waals surface area contributed by atoms with E-state index in [2.05, 4.69) is 6.92 Å². The van der Waals surface area contributed by atoms with Crippen LogP contribution in [0, 0.1) is 0 Å². The van der Waals surface area contributed by atoms with Crippen molar-refractivity contribution < 1.29 is 9.53 Å². The summed E-state index contributed by atoms with van der Waals surface area (Å²) in [5.74, 6) is 0. The molecule has 0 bridgehead atoms. The van der Waals surface area contributed by atoms with Crippen molar-refractivity contribution in [1.29, 1.82) is 0 Å². The summed E-state index contributed by atoms with van der Waals surface area (Å²) in [6.07, 6.45) is 3.20. The zero-order valence-electron chi connectivity index (χ0n) is 12.3. The van der Waals surface area contributed by atoms with Crippen molar-refractivity contribution in [2.45, 2.75) is 52.7 Å². The van der Waals surface area contributed by atoms with Crippen LogP contribution in [-0.4, -0.2) is 23.6 Å². The highest BCUT2D eigenvalue weighted by atomic mass is 16.6. The Morgan fingerprint density at radius 2 is 1.95 bits per heavy atom. The summed E-state index contributed by atoms with van der Waals surface area (Å²) >= 11 is 0. The summed E-state index contributed by atoms with van der Waals surface area (Å²) in [5.41, 5.74) is 1.03. The molecule has 1 amide bonds. The topological polar surface area (TPSA) is 29.5 Å². The maximum absolute atomic E-state index is 11.9. The second kappa shape index (κ2) is 8.57. The number of ether oxygens (including phenoxy) is 1. The lowest BCUT2D eigenvalue weighted by Crippen LogP contribution is -2.42. The van der Waals surface area contributed by atoms with Crippen LogP contribution in [0.2, 0.25) is 0 Å². The van der Waals surface area contributed by atoms with Crippen molar-refractivity contribution in [2.24, 2.45) is 0 Å². The number of likely N-dealkylation sites (tertiary alicyclic amines) is 1. The van der Waals surface area contributed by atoms with E-state index in [4.69, 9.17) is 4.74 Å². The molecule has 1 aliphatic heterocycles. The number of carbonyl (C=O) groups excluding carboxylic acids is 1. The minimum absolute atomic E-state index is 0.180. The average molecular weight is 263 g/mol. The van der Waals surface area contributed by atoms with Crippen LogP contribution >= 0.6 is 0 Å². The van der Waals surface area contributed by atoms with E-state index in [1.54, 1.807) is 0 Å². The molecule has 0 saturated carbocycles. The van der Waals surface area contributed by atoms with E-state index in [-0.39, 0.29) is 6.09 Å². The average Bonchev–Trinajstić information content (AvgIpc) is 2.48. The molecule has 1 saturated heterocycles. The summed E-state index contributed by atoms with van der Waals surface area (Å²) in [6, 6.07) is 10.1. The second-order valence-corrected chi connectivity index (χ2v) is 4.58. The summed E-state index contributed by atoms with van der Waals surface area (Å²) < 4.78 is 5.32. The van der Waals surface area contributed by atoms with Crippen LogP contribution < -0.4 is 0 Å². The Kier molecular flexibility index (Phi) is 7.01. The highest BCUT2D eigenvalue weighted by Gasteiger charge is 2.24. The van der Waals surface area contributed by atoms with E-state index in [1.807, 2.05) is 49.1 Å². The number of nitrogens with zero attached hydrogens (tertiary/aromatic N) is 1. The van der Waals surface area contributed by atoms with Crippen molar-refractivity contribution in [1.82, 2.24) is 4.90 Å². The van der Waals surface area contributed by atoms with Crippen molar-refractivity contribution in [3.8, 4) is 0 Å². The lowest BCUT2D eigenvalue weighted by molar-refractivity contribution is 0.0722. The number of hydrogen-bond donors (Lipinski definition) is 0. The predicted octanol–water partition coefficient (Wildman–Crippen LogP) is 4.22. The minimum Gasteiger partial charge on any atom is -0.445 e. The van der Waals surface area contributed by atoms with E-state index < -0.39 is 0 Å². The molecule has 0 spiro atoms. The van der Waals surface area contributed by atoms with Gasteiger partial charge in [0.2, 0.25) is 0 Å². The predicted molar refractivity (Wildman–Crippen MR) is 78.0 cm³/mol. The third-order valence-electron chi connectivity index (χ3n) is 3.24. The van der Waals surface area contributed by atoms with Crippen molar-refractivity contribution in [2.75, 3.05) is 6.54 Å². The Morgan fingerprint density at radius 1 is 1.26 bits per heavy atom. The molecule has 3 nitrogen and oxygen atoms in total. The zero-order valence-corrected chi connectivity index (χ0v) is 12.3. The largest absolute Gasteiger partial charge is 0.445 e. The fourth-order valence-electron chi connectivity index (χ4n) is 2.17. The van der Waals surface area contributed by atoms with Gasteiger partial charge in [0.1, 0.15) is 6.61 Å². The van der Waals surface area contributed by atoms with Gasteiger partial charge in [0.15, 0.2) is 0 Å². The Labute approximate surface area is 116 Å². The van der Waals surface area contributed by atoms with Crippen LogP contribution in [0.15, 0.2) is 30.3 Å². The number of piperidine rings is 1. The quantitative estimate of drug-likeness (QED) is 0.799. The van der Waals surface area contributed by atoms with E-state index in [9.17, 15) is 4.79 Å². The standard InChI is InChI=1S/C14H19NO2.C2H6/c1-12-7-5-6-10-15(12)14(16)17-11-13-8-3-2-4-9-13;1-2/h2-4,8-9,12H,5-7,10-11H2,1H3;1-2H3. The lowest BCUT2D eigenvalue weighted by Gasteiger charge is -2.32. The highest BCUT2D eigenvalue weighted by Crippen LogP contribution is 2.17. The SMILES string of the molecule is CC.CC1CCCCN1C(=O)OCc1ccccc1. The summed E-state index contributed by atoms with van der Waals surface area (Å²) in [6.45, 7) is 7.28. The van der Waals surface area contributed by atoms with E-state index in [0.717, 1.165) is 24.9 Å². The number of benzene rings is 1. The third-order valence-corrected chi connectivity index (χ3v) is 3.24. The fourth-order valence-corrected chi connectivity index (χ4v) is 2.17. The minimum atomic E-state index is -0.180. The molecule has 0 aromatic heterocycles. The highest BCUT2D eigenvalue weighted by molar-refractivity contribution is 5.68. The van der Waals surface area contributed by atoms with Gasteiger partial charge in [0.05, 0.1) is 0 Å². The third kappa shape index (κ3) is 4.93. The Morgan fingerprint density at radius 3 is 2.58 bits per heavy atom. The van der Waals surface area contributed by atoms with E-state index in [0.29, 0.717) is 12.6 Å². The Bertz CT molecular complexity index is 364. The normalized spacial score (nSPS) is 18.3. The van der Waals surface area contributed by atoms with Crippen molar-refractivity contribution in [3.63, 3.8) is 0 Å². The van der Waals surface area contributed by atoms with Gasteiger partial charge < -0.3 is 9.64 Å². The monoisotopic (exact) mass is 263 g/mol. The van der Waals surface area contributed by atoms with Crippen LogP contribution in [0.3, 0.4) is 0 Å². The molecule has 0 N–H and O–H groups in total. The second-order valence-electron chi connectivity index (χ2n) is 4.58. The molecule has 2 rings (SSSR count). The Hall–Kier alpha value is -1.51. The van der Waals surface area contributed by atoms with Gasteiger partial charge in [-0.2, -0.15) is 0 Å². The number of rotatable bonds is 2. The lowest BCUT2D eigenvalue weighted by atomic mass is 10.0. The first-order chi connectivity index (χ1) is 9.27. The van der Waals surface area contributed by atoms with Gasteiger partial charge >= 0.3 is 6.09 Å². The van der Waals surface area contributed by atoms with Gasteiger partial charge in [-0.15, -0.1) is 0 Å². The van der Waals surface area contributed by atoms with Crippen LogP contribution in [0.4, 0.5) is 4.79 Å². The van der Waals surface area contributed by atoms with Crippen LogP contribution in [0.25, 0.3) is 0 Å². The molecule has 1 unspecified atom stereocenters. The summed E-state index contributed by atoms with van der Waals surface area (Å²) in [5, 5.41) is 0. The molecule has 1 aliphatic rings. The van der Waals surface area contributed by atoms with Gasteiger partial charge in [-0.05, 0) is 31.7 Å². The maximum Gasteiger partial charge on any atom is 0.410 e. The molecule has 19 heavy (non-hydrogen) atoms. The van der Waals surface area contributed by atoms with Gasteiger partial charge in [-0.3, -0.25) is 0 Å². The summed E-state index contributed by atoms with van der Waals surface area (Å²) in [7, 11) is 0. The first-order valence-corrected chi connectivity index (χ1v) is 7.24. The van der Waals surface area contributed by atoms with Gasteiger partial charge in [0, 0.05) is 12.6 Å². The summed E-state index contributed by atoms with van der Waals surface area (Å²) in [4.78, 5) is 13.7. The number of carbonyl (C=O) groups is 1. The van der Waals surface area contributed by atoms with Crippen LogP contribution in [-0.2, 0) is 11.3 Å². The van der Waals surface area contributed by atoms with Gasteiger partial charge in [-0.25, -0.2) is 4.79 Å². The van der Waals surface area contributed by atoms with Crippen molar-refractivity contribution >= 4 is 6.09 Å². The zero-order chi connectivity index (χ0) is 14.1. The molecule has 106 valence electrons. The fraction of sp³-hybridized carbons (Fsp3) is 0.562.